The van der Waals surface area contributed by atoms with Gasteiger partial charge in [-0.05, 0) is 18.9 Å². The van der Waals surface area contributed by atoms with Gasteiger partial charge >= 0.3 is 0 Å². The number of rotatable bonds is 3. The van der Waals surface area contributed by atoms with E-state index in [4.69, 9.17) is 0 Å². The molecular weight excluding hydrogens is 278 g/mol. The van der Waals surface area contributed by atoms with Crippen molar-refractivity contribution in [1.82, 2.24) is 24.1 Å². The van der Waals surface area contributed by atoms with Crippen LogP contribution in [0.15, 0.2) is 12.3 Å². The molecule has 0 amide bonds. The number of hydrogen-bond donors (Lipinski definition) is 2. The van der Waals surface area contributed by atoms with Gasteiger partial charge in [-0.15, -0.1) is 0 Å². The lowest BCUT2D eigenvalue weighted by molar-refractivity contribution is 0.270. The van der Waals surface area contributed by atoms with E-state index < -0.39 is 10.2 Å². The van der Waals surface area contributed by atoms with Crippen LogP contribution in [0.5, 0.6) is 0 Å². The normalized spacial score (nSPS) is 26.7. The van der Waals surface area contributed by atoms with E-state index in [0.717, 1.165) is 31.6 Å². The van der Waals surface area contributed by atoms with Crippen molar-refractivity contribution in [2.75, 3.05) is 39.3 Å². The number of piperidine rings is 1. The van der Waals surface area contributed by atoms with E-state index in [0.29, 0.717) is 26.2 Å². The monoisotopic (exact) mass is 299 g/mol. The third-order valence-electron chi connectivity index (χ3n) is 4.07. The second-order valence-corrected chi connectivity index (χ2v) is 7.29. The fourth-order valence-electron chi connectivity index (χ4n) is 2.94. The summed E-state index contributed by atoms with van der Waals surface area (Å²) in [5.74, 6) is 0.226. The molecule has 1 aromatic rings. The van der Waals surface area contributed by atoms with E-state index in [-0.39, 0.29) is 5.92 Å². The van der Waals surface area contributed by atoms with Gasteiger partial charge in [0.25, 0.3) is 10.2 Å². The number of nitrogens with one attached hydrogen (secondary N) is 2. The summed E-state index contributed by atoms with van der Waals surface area (Å²) in [6.07, 6.45) is 3.63. The molecule has 2 saturated heterocycles. The number of hydrogen-bond acceptors (Lipinski definition) is 4. The van der Waals surface area contributed by atoms with Crippen LogP contribution in [0.4, 0.5) is 0 Å². The molecule has 1 unspecified atom stereocenters. The highest BCUT2D eigenvalue weighted by Gasteiger charge is 2.34. The van der Waals surface area contributed by atoms with Gasteiger partial charge in [0.1, 0.15) is 0 Å². The largest absolute Gasteiger partial charge is 0.314 e. The summed E-state index contributed by atoms with van der Waals surface area (Å²) in [5, 5.41) is 10.1. The molecule has 2 fully saturated rings. The van der Waals surface area contributed by atoms with E-state index in [2.05, 4.69) is 15.5 Å². The maximum atomic E-state index is 12.7. The first kappa shape index (κ1) is 14.0. The fraction of sp³-hybridized carbons (Fsp3) is 0.750. The van der Waals surface area contributed by atoms with Crippen LogP contribution in [0.2, 0.25) is 0 Å². The molecule has 112 valence electrons. The van der Waals surface area contributed by atoms with Crippen LogP contribution in [0.25, 0.3) is 0 Å². The van der Waals surface area contributed by atoms with Crippen molar-refractivity contribution in [3.05, 3.63) is 18.0 Å². The molecule has 1 atom stereocenters. The summed E-state index contributed by atoms with van der Waals surface area (Å²) in [4.78, 5) is 0. The molecule has 2 N–H and O–H groups in total. The number of piperazine rings is 1. The Morgan fingerprint density at radius 3 is 2.70 bits per heavy atom. The molecule has 0 spiro atoms. The first-order valence-corrected chi connectivity index (χ1v) is 8.53. The van der Waals surface area contributed by atoms with Crippen LogP contribution in [0, 0.1) is 0 Å². The second-order valence-electron chi connectivity index (χ2n) is 5.37. The van der Waals surface area contributed by atoms with Crippen molar-refractivity contribution in [3.8, 4) is 0 Å². The quantitative estimate of drug-likeness (QED) is 0.806. The summed E-state index contributed by atoms with van der Waals surface area (Å²) in [6, 6.07) is 1.94. The van der Waals surface area contributed by atoms with E-state index in [9.17, 15) is 8.42 Å². The molecular formula is C12H21N5O2S. The summed E-state index contributed by atoms with van der Waals surface area (Å²) in [6.45, 7) is 3.76. The third kappa shape index (κ3) is 2.73. The molecule has 0 bridgehead atoms. The average molecular weight is 299 g/mol. The molecule has 0 saturated carbocycles. The predicted octanol–water partition coefficient (Wildman–Crippen LogP) is -0.261. The minimum Gasteiger partial charge on any atom is -0.314 e. The molecule has 0 aromatic carbocycles. The topological polar surface area (TPSA) is 81.3 Å². The van der Waals surface area contributed by atoms with E-state index in [1.165, 1.54) is 0 Å². The molecule has 0 aliphatic carbocycles. The zero-order chi connectivity index (χ0) is 14.0. The lowest BCUT2D eigenvalue weighted by atomic mass is 9.96. The lowest BCUT2D eigenvalue weighted by Gasteiger charge is -2.36. The Labute approximate surface area is 119 Å². The van der Waals surface area contributed by atoms with Gasteiger partial charge in [0.2, 0.25) is 0 Å². The zero-order valence-electron chi connectivity index (χ0n) is 11.5. The number of nitrogens with zero attached hydrogens (tertiary/aromatic N) is 3. The maximum absolute atomic E-state index is 12.7. The second kappa shape index (κ2) is 5.80. The highest BCUT2D eigenvalue weighted by atomic mass is 32.2. The Kier molecular flexibility index (Phi) is 4.06. The van der Waals surface area contributed by atoms with Crippen LogP contribution in [-0.2, 0) is 10.2 Å². The Balaban J connectivity index is 1.72. The van der Waals surface area contributed by atoms with Crippen LogP contribution in [0.1, 0.15) is 24.5 Å². The summed E-state index contributed by atoms with van der Waals surface area (Å²) in [5.41, 5.74) is 1.03. The summed E-state index contributed by atoms with van der Waals surface area (Å²) in [7, 11) is -3.32. The Morgan fingerprint density at radius 1 is 1.20 bits per heavy atom. The highest BCUT2D eigenvalue weighted by Crippen LogP contribution is 2.27. The van der Waals surface area contributed by atoms with Gasteiger partial charge in [0, 0.05) is 57.1 Å². The smallest absolute Gasteiger partial charge is 0.282 e. The minimum absolute atomic E-state index is 0.226. The highest BCUT2D eigenvalue weighted by molar-refractivity contribution is 7.86. The molecule has 7 nitrogen and oxygen atoms in total. The predicted molar refractivity (Wildman–Crippen MR) is 75.5 cm³/mol. The van der Waals surface area contributed by atoms with Crippen LogP contribution >= 0.6 is 0 Å². The lowest BCUT2D eigenvalue weighted by Crippen LogP contribution is -2.53. The number of aromatic amines is 1. The van der Waals surface area contributed by atoms with Gasteiger partial charge in [-0.3, -0.25) is 5.10 Å². The molecule has 8 heteroatoms. The molecule has 2 aliphatic rings. The number of aromatic nitrogens is 2. The zero-order valence-corrected chi connectivity index (χ0v) is 12.3. The first-order chi connectivity index (χ1) is 9.68. The van der Waals surface area contributed by atoms with Gasteiger partial charge in [-0.1, -0.05) is 0 Å². The fourth-order valence-corrected chi connectivity index (χ4v) is 4.64. The van der Waals surface area contributed by atoms with Crippen molar-refractivity contribution in [2.45, 2.75) is 18.8 Å². The standard InChI is InChI=1S/C12H21N5O2S/c18-20(19,16-8-5-13-6-9-16)17-7-1-2-11(10-17)12-3-4-14-15-12/h3-4,11,13H,1-2,5-10H2,(H,14,15). The van der Waals surface area contributed by atoms with Crippen molar-refractivity contribution in [1.29, 1.82) is 0 Å². The van der Waals surface area contributed by atoms with Crippen LogP contribution in [0.3, 0.4) is 0 Å². The molecule has 1 aromatic heterocycles. The van der Waals surface area contributed by atoms with E-state index in [1.54, 1.807) is 14.8 Å². The Bertz CT molecular complexity index is 524. The minimum atomic E-state index is -3.32. The van der Waals surface area contributed by atoms with Crippen molar-refractivity contribution in [3.63, 3.8) is 0 Å². The molecule has 20 heavy (non-hydrogen) atoms. The maximum Gasteiger partial charge on any atom is 0.282 e. The van der Waals surface area contributed by atoms with Crippen LogP contribution in [-0.4, -0.2) is 66.5 Å². The van der Waals surface area contributed by atoms with Gasteiger partial charge in [0.15, 0.2) is 0 Å². The Hall–Kier alpha value is -0.960. The van der Waals surface area contributed by atoms with Gasteiger partial charge in [-0.2, -0.15) is 22.1 Å². The van der Waals surface area contributed by atoms with Crippen molar-refractivity contribution in [2.24, 2.45) is 0 Å². The van der Waals surface area contributed by atoms with Gasteiger partial charge < -0.3 is 5.32 Å². The van der Waals surface area contributed by atoms with E-state index >= 15 is 0 Å². The average Bonchev–Trinajstić information content (AvgIpc) is 3.03. The van der Waals surface area contributed by atoms with Gasteiger partial charge in [-0.25, -0.2) is 0 Å². The third-order valence-corrected chi connectivity index (χ3v) is 6.08. The molecule has 3 rings (SSSR count). The molecule has 0 radical (unpaired) electrons. The molecule has 2 aliphatic heterocycles. The first-order valence-electron chi connectivity index (χ1n) is 7.13. The van der Waals surface area contributed by atoms with Crippen molar-refractivity contribution < 1.29 is 8.42 Å². The van der Waals surface area contributed by atoms with Crippen molar-refractivity contribution >= 4 is 10.2 Å². The summed E-state index contributed by atoms with van der Waals surface area (Å²) < 4.78 is 28.5. The Morgan fingerprint density at radius 2 is 2.00 bits per heavy atom. The molecule has 3 heterocycles. The van der Waals surface area contributed by atoms with Crippen LogP contribution < -0.4 is 5.32 Å². The van der Waals surface area contributed by atoms with Gasteiger partial charge in [0.05, 0.1) is 0 Å². The SMILES string of the molecule is O=S(=O)(N1CCNCC1)N1CCCC(c2ccn[nH]2)C1. The number of H-pyrrole nitrogens is 1. The summed E-state index contributed by atoms with van der Waals surface area (Å²) >= 11 is 0. The van der Waals surface area contributed by atoms with E-state index in [1.807, 2.05) is 6.07 Å².